The molecule has 0 radical (unpaired) electrons. The molecule has 3 aromatic carbocycles. The Hall–Kier alpha value is -1.82. The first kappa shape index (κ1) is 46.6. The van der Waals surface area contributed by atoms with Crippen LogP contribution >= 0.6 is 0 Å². The van der Waals surface area contributed by atoms with Gasteiger partial charge in [-0.3, -0.25) is 0 Å². The Morgan fingerprint density at radius 3 is 0.704 bits per heavy atom. The minimum absolute atomic E-state index is 0.802. The van der Waals surface area contributed by atoms with E-state index in [1.54, 1.807) is 32.7 Å². The Morgan fingerprint density at radius 2 is 0.481 bits per heavy atom. The highest BCUT2D eigenvalue weighted by Crippen LogP contribution is 2.38. The monoisotopic (exact) mass is 739 g/mol. The van der Waals surface area contributed by atoms with Crippen molar-refractivity contribution in [3.05, 3.63) is 59.7 Å². The number of hydrogen-bond donors (Lipinski definition) is 0. The molecule has 0 aliphatic rings. The predicted octanol–water partition coefficient (Wildman–Crippen LogP) is 18.9. The number of hydrogen-bond acceptors (Lipinski definition) is 0. The Balaban J connectivity index is 1.80. The van der Waals surface area contributed by atoms with E-state index < -0.39 is 0 Å². The lowest BCUT2D eigenvalue weighted by atomic mass is 9.81. The van der Waals surface area contributed by atoms with Crippen LogP contribution in [-0.2, 0) is 12.8 Å². The highest BCUT2D eigenvalue weighted by Gasteiger charge is 2.20. The van der Waals surface area contributed by atoms with Gasteiger partial charge in [0.1, 0.15) is 0 Å². The summed E-state index contributed by atoms with van der Waals surface area (Å²) in [5, 5.41) is 6.28. The van der Waals surface area contributed by atoms with Gasteiger partial charge in [-0.25, -0.2) is 0 Å². The second kappa shape index (κ2) is 31.3. The Bertz CT molecular complexity index is 1140. The average Bonchev–Trinajstić information content (AvgIpc) is 3.20. The van der Waals surface area contributed by atoms with Crippen molar-refractivity contribution in [1.82, 2.24) is 0 Å². The molecule has 0 saturated carbocycles. The molecule has 306 valence electrons. The largest absolute Gasteiger partial charge is 0.0654 e. The maximum Gasteiger partial charge on any atom is -0.0143 e. The molecule has 54 heavy (non-hydrogen) atoms. The summed E-state index contributed by atoms with van der Waals surface area (Å²) >= 11 is 0. The fourth-order valence-electron chi connectivity index (χ4n) is 9.58. The minimum Gasteiger partial charge on any atom is -0.0654 e. The highest BCUT2D eigenvalue weighted by atomic mass is 14.2. The summed E-state index contributed by atoms with van der Waals surface area (Å²) in [6.07, 6.45) is 47.8. The van der Waals surface area contributed by atoms with Gasteiger partial charge in [-0.2, -0.15) is 0 Å². The van der Waals surface area contributed by atoms with Gasteiger partial charge in [-0.05, 0) is 57.3 Å². The van der Waals surface area contributed by atoms with Crippen molar-refractivity contribution < 1.29 is 0 Å². The van der Waals surface area contributed by atoms with Crippen LogP contribution in [0.1, 0.15) is 244 Å². The van der Waals surface area contributed by atoms with Crippen LogP contribution < -0.4 is 0 Å². The SMILES string of the molecule is CCCCCCCCCCC(CCCCCCCC)Cc1c2ccccc2c(CC(CCCCCCCC)CCCCCCCCCC)c2ccccc12. The summed E-state index contributed by atoms with van der Waals surface area (Å²) in [7, 11) is 0. The maximum absolute atomic E-state index is 2.50. The highest BCUT2D eigenvalue weighted by molar-refractivity contribution is 6.05. The Kier molecular flexibility index (Phi) is 27.0. The van der Waals surface area contributed by atoms with Crippen LogP contribution in [0.2, 0.25) is 0 Å². The molecule has 0 saturated heterocycles. The van der Waals surface area contributed by atoms with Gasteiger partial charge in [0, 0.05) is 0 Å². The van der Waals surface area contributed by atoms with Gasteiger partial charge in [0.2, 0.25) is 0 Å². The molecule has 2 unspecified atom stereocenters. The Labute approximate surface area is 337 Å². The molecule has 0 N–H and O–H groups in total. The number of benzene rings is 3. The predicted molar refractivity (Wildman–Crippen MR) is 246 cm³/mol. The van der Waals surface area contributed by atoms with E-state index in [2.05, 4.69) is 76.2 Å². The number of fused-ring (bicyclic) bond motifs is 2. The molecule has 0 spiro atoms. The third kappa shape index (κ3) is 18.9. The van der Waals surface area contributed by atoms with E-state index in [0.29, 0.717) is 0 Å². The molecule has 0 heterocycles. The molecule has 0 aliphatic heterocycles. The van der Waals surface area contributed by atoms with Crippen molar-refractivity contribution >= 4 is 21.5 Å². The standard InChI is InChI=1S/C54H90/c1-5-9-13-17-21-23-27-31-39-47(37-29-25-19-15-11-7-3)45-53-49-41-33-35-43-51(49)54(52-44-36-34-42-50(52)53)46-48(38-30-26-20-16-12-8-4)40-32-28-24-22-18-14-10-6-2/h33-36,41-44,47-48H,5-32,37-40,45-46H2,1-4H3. The smallest absolute Gasteiger partial charge is 0.0143 e. The second-order valence-corrected chi connectivity index (χ2v) is 17.8. The zero-order valence-electron chi connectivity index (χ0n) is 36.8. The van der Waals surface area contributed by atoms with Gasteiger partial charge in [0.15, 0.2) is 0 Å². The van der Waals surface area contributed by atoms with E-state index in [1.165, 1.54) is 218 Å². The van der Waals surface area contributed by atoms with Crippen LogP contribution in [0, 0.1) is 11.8 Å². The van der Waals surface area contributed by atoms with Gasteiger partial charge in [0.05, 0.1) is 0 Å². The van der Waals surface area contributed by atoms with Gasteiger partial charge >= 0.3 is 0 Å². The molecule has 0 heteroatoms. The van der Waals surface area contributed by atoms with Crippen LogP contribution in [-0.4, -0.2) is 0 Å². The first-order valence-corrected chi connectivity index (χ1v) is 24.6. The number of unbranched alkanes of at least 4 members (excludes halogenated alkanes) is 24. The average molecular weight is 739 g/mol. The van der Waals surface area contributed by atoms with E-state index in [1.807, 2.05) is 0 Å². The summed E-state index contributed by atoms with van der Waals surface area (Å²) < 4.78 is 0. The molecular formula is C54H90. The summed E-state index contributed by atoms with van der Waals surface area (Å²) in [6.45, 7) is 9.34. The van der Waals surface area contributed by atoms with E-state index in [-0.39, 0.29) is 0 Å². The van der Waals surface area contributed by atoms with Gasteiger partial charge in [-0.15, -0.1) is 0 Å². The van der Waals surface area contributed by atoms with Crippen LogP contribution in [0.25, 0.3) is 21.5 Å². The maximum atomic E-state index is 2.50. The molecule has 0 amide bonds. The molecular weight excluding hydrogens is 649 g/mol. The molecule has 3 rings (SSSR count). The lowest BCUT2D eigenvalue weighted by molar-refractivity contribution is 0.401. The molecule has 0 aromatic heterocycles. The van der Waals surface area contributed by atoms with Crippen molar-refractivity contribution in [2.24, 2.45) is 11.8 Å². The van der Waals surface area contributed by atoms with E-state index in [0.717, 1.165) is 11.8 Å². The van der Waals surface area contributed by atoms with Gasteiger partial charge < -0.3 is 0 Å². The van der Waals surface area contributed by atoms with E-state index >= 15 is 0 Å². The summed E-state index contributed by atoms with van der Waals surface area (Å²) in [5.41, 5.74) is 3.33. The van der Waals surface area contributed by atoms with Crippen LogP contribution in [0.15, 0.2) is 48.5 Å². The summed E-state index contributed by atoms with van der Waals surface area (Å²) in [6, 6.07) is 19.3. The quantitative estimate of drug-likeness (QED) is 0.0412. The van der Waals surface area contributed by atoms with Crippen LogP contribution in [0.3, 0.4) is 0 Å². The van der Waals surface area contributed by atoms with Crippen LogP contribution in [0.5, 0.6) is 0 Å². The van der Waals surface area contributed by atoms with E-state index in [4.69, 9.17) is 0 Å². The summed E-state index contributed by atoms with van der Waals surface area (Å²) in [5.74, 6) is 1.60. The fourth-order valence-corrected chi connectivity index (χ4v) is 9.58. The third-order valence-electron chi connectivity index (χ3n) is 13.0. The van der Waals surface area contributed by atoms with Crippen molar-refractivity contribution in [1.29, 1.82) is 0 Å². The normalized spacial score (nSPS) is 13.0. The first-order chi connectivity index (χ1) is 26.7. The van der Waals surface area contributed by atoms with Crippen molar-refractivity contribution in [2.45, 2.75) is 246 Å². The van der Waals surface area contributed by atoms with Crippen molar-refractivity contribution in [2.75, 3.05) is 0 Å². The lowest BCUT2D eigenvalue weighted by Crippen LogP contribution is -2.10. The molecule has 0 fully saturated rings. The third-order valence-corrected chi connectivity index (χ3v) is 13.0. The lowest BCUT2D eigenvalue weighted by Gasteiger charge is -2.24. The second-order valence-electron chi connectivity index (χ2n) is 17.8. The topological polar surface area (TPSA) is 0 Å². The fraction of sp³-hybridized carbons (Fsp3) is 0.741. The van der Waals surface area contributed by atoms with Gasteiger partial charge in [-0.1, -0.05) is 282 Å². The van der Waals surface area contributed by atoms with E-state index in [9.17, 15) is 0 Å². The first-order valence-electron chi connectivity index (χ1n) is 24.6. The zero-order chi connectivity index (χ0) is 38.3. The molecule has 3 aromatic rings. The van der Waals surface area contributed by atoms with Crippen LogP contribution in [0.4, 0.5) is 0 Å². The zero-order valence-corrected chi connectivity index (χ0v) is 36.8. The molecule has 0 bridgehead atoms. The molecule has 0 nitrogen and oxygen atoms in total. The van der Waals surface area contributed by atoms with Crippen molar-refractivity contribution in [3.8, 4) is 0 Å². The molecule has 2 atom stereocenters. The molecule has 0 aliphatic carbocycles. The minimum atomic E-state index is 0.802. The van der Waals surface area contributed by atoms with Gasteiger partial charge in [0.25, 0.3) is 0 Å². The Morgan fingerprint density at radius 1 is 0.278 bits per heavy atom. The summed E-state index contributed by atoms with van der Waals surface area (Å²) in [4.78, 5) is 0. The number of rotatable bonds is 36. The van der Waals surface area contributed by atoms with Crippen molar-refractivity contribution in [3.63, 3.8) is 0 Å².